The van der Waals surface area contributed by atoms with E-state index in [1.54, 1.807) is 6.20 Å². The quantitative estimate of drug-likeness (QED) is 0.685. The molecule has 1 aliphatic heterocycles. The van der Waals surface area contributed by atoms with Gasteiger partial charge >= 0.3 is 0 Å². The fraction of sp³-hybridized carbons (Fsp3) is 0.455. The minimum absolute atomic E-state index is 0.208. The molecule has 0 amide bonds. The summed E-state index contributed by atoms with van der Waals surface area (Å²) in [7, 11) is 1.95. The number of aromatic nitrogens is 1. The van der Waals surface area contributed by atoms with Crippen LogP contribution in [0.25, 0.3) is 0 Å². The largest absolute Gasteiger partial charge is 0.298 e. The molecule has 1 aromatic heterocycles. The number of likely N-dealkylation sites (N-methyl/N-ethyl adjacent to an activating group) is 1. The molecule has 1 aliphatic rings. The molecule has 0 saturated carbocycles. The van der Waals surface area contributed by atoms with Crippen LogP contribution in [0.4, 0.5) is 0 Å². The van der Waals surface area contributed by atoms with E-state index in [4.69, 9.17) is 11.6 Å². The van der Waals surface area contributed by atoms with Crippen LogP contribution in [-0.2, 0) is 4.79 Å². The van der Waals surface area contributed by atoms with E-state index in [0.29, 0.717) is 11.6 Å². The van der Waals surface area contributed by atoms with Gasteiger partial charge in [0, 0.05) is 18.2 Å². The van der Waals surface area contributed by atoms with Crippen LogP contribution in [0.1, 0.15) is 24.4 Å². The van der Waals surface area contributed by atoms with Gasteiger partial charge in [-0.2, -0.15) is 0 Å². The second-order valence-electron chi connectivity index (χ2n) is 3.84. The van der Waals surface area contributed by atoms with Gasteiger partial charge in [-0.25, -0.2) is 4.98 Å². The number of nitrogens with zero attached hydrogens (tertiary/aromatic N) is 2. The third-order valence-electron chi connectivity index (χ3n) is 2.76. The number of halogens is 1. The molecule has 0 bridgehead atoms. The lowest BCUT2D eigenvalue weighted by molar-refractivity contribution is -0.126. The van der Waals surface area contributed by atoms with Crippen molar-refractivity contribution in [2.24, 2.45) is 0 Å². The second kappa shape index (κ2) is 4.29. The van der Waals surface area contributed by atoms with Crippen molar-refractivity contribution in [3.63, 3.8) is 0 Å². The molecule has 1 fully saturated rings. The van der Waals surface area contributed by atoms with Crippen LogP contribution in [0.3, 0.4) is 0 Å². The summed E-state index contributed by atoms with van der Waals surface area (Å²) in [5.74, 6) is 0.235. The number of carbonyl (C=O) groups excluding carboxylic acids is 1. The molecule has 0 aromatic carbocycles. The molecule has 1 unspecified atom stereocenters. The maximum absolute atomic E-state index is 11.8. The van der Waals surface area contributed by atoms with Crippen molar-refractivity contribution in [2.45, 2.75) is 18.9 Å². The molecule has 0 radical (unpaired) electrons. The Bertz CT molecular complexity index is 381. The number of likely N-dealkylation sites (tertiary alicyclic amines) is 1. The highest BCUT2D eigenvalue weighted by Gasteiger charge is 2.29. The molecule has 1 saturated heterocycles. The Labute approximate surface area is 94.1 Å². The molecule has 1 aromatic rings. The monoisotopic (exact) mass is 224 g/mol. The van der Waals surface area contributed by atoms with Gasteiger partial charge in [0.2, 0.25) is 0 Å². The van der Waals surface area contributed by atoms with Crippen molar-refractivity contribution in [2.75, 3.05) is 13.6 Å². The molecule has 0 aliphatic carbocycles. The third-order valence-corrected chi connectivity index (χ3v) is 3.08. The molecule has 1 atom stereocenters. The summed E-state index contributed by atoms with van der Waals surface area (Å²) in [5, 5.41) is 0.435. The predicted molar refractivity (Wildman–Crippen MR) is 58.9 cm³/mol. The zero-order chi connectivity index (χ0) is 10.8. The first-order valence-corrected chi connectivity index (χ1v) is 5.41. The summed E-state index contributed by atoms with van der Waals surface area (Å²) in [6.07, 6.45) is 3.21. The highest BCUT2D eigenvalue weighted by atomic mass is 35.5. The van der Waals surface area contributed by atoms with Gasteiger partial charge < -0.3 is 0 Å². The first kappa shape index (κ1) is 10.6. The molecular formula is C11H13ClN2O. The molecule has 0 N–H and O–H groups in total. The fourth-order valence-corrected chi connectivity index (χ4v) is 2.25. The molecule has 4 heteroatoms. The summed E-state index contributed by atoms with van der Waals surface area (Å²) in [4.78, 5) is 17.9. The van der Waals surface area contributed by atoms with Gasteiger partial charge in [-0.1, -0.05) is 17.7 Å². The van der Waals surface area contributed by atoms with Crippen LogP contribution in [-0.4, -0.2) is 29.3 Å². The third kappa shape index (κ3) is 2.03. The zero-order valence-corrected chi connectivity index (χ0v) is 9.37. The molecule has 15 heavy (non-hydrogen) atoms. The van der Waals surface area contributed by atoms with Crippen molar-refractivity contribution in [3.8, 4) is 0 Å². The zero-order valence-electron chi connectivity index (χ0n) is 8.61. The highest BCUT2D eigenvalue weighted by Crippen LogP contribution is 2.30. The lowest BCUT2D eigenvalue weighted by atomic mass is 9.96. The van der Waals surface area contributed by atoms with Gasteiger partial charge in [-0.3, -0.25) is 9.69 Å². The average molecular weight is 225 g/mol. The maximum atomic E-state index is 11.8. The van der Waals surface area contributed by atoms with Crippen molar-refractivity contribution < 1.29 is 4.79 Å². The number of pyridine rings is 1. The highest BCUT2D eigenvalue weighted by molar-refractivity contribution is 6.30. The Morgan fingerprint density at radius 1 is 1.60 bits per heavy atom. The van der Waals surface area contributed by atoms with Crippen molar-refractivity contribution in [1.82, 2.24) is 9.88 Å². The SMILES string of the molecule is CN1CCCC(=O)C1c1cccnc1Cl. The fourth-order valence-electron chi connectivity index (χ4n) is 2.03. The van der Waals surface area contributed by atoms with Crippen molar-refractivity contribution in [3.05, 3.63) is 29.0 Å². The van der Waals surface area contributed by atoms with E-state index in [1.165, 1.54) is 0 Å². The van der Waals surface area contributed by atoms with Crippen LogP contribution in [0.15, 0.2) is 18.3 Å². The number of Topliss-reactive ketones (excluding diaryl/α,β-unsaturated/α-hetero) is 1. The van der Waals surface area contributed by atoms with Gasteiger partial charge in [0.15, 0.2) is 5.78 Å². The van der Waals surface area contributed by atoms with E-state index in [0.717, 1.165) is 18.5 Å². The van der Waals surface area contributed by atoms with Crippen LogP contribution in [0, 0.1) is 0 Å². The standard InChI is InChI=1S/C11H13ClN2O/c1-14-7-3-5-9(15)10(14)8-4-2-6-13-11(8)12/h2,4,6,10H,3,5,7H2,1H3. The maximum Gasteiger partial charge on any atom is 0.154 e. The summed E-state index contributed by atoms with van der Waals surface area (Å²) in [6.45, 7) is 0.932. The number of piperidine rings is 1. The van der Waals surface area contributed by atoms with E-state index >= 15 is 0 Å². The van der Waals surface area contributed by atoms with Crippen LogP contribution >= 0.6 is 11.6 Å². The molecular weight excluding hydrogens is 212 g/mol. The van der Waals surface area contributed by atoms with Crippen molar-refractivity contribution in [1.29, 1.82) is 0 Å². The number of hydrogen-bond donors (Lipinski definition) is 0. The first-order valence-electron chi connectivity index (χ1n) is 5.03. The van der Waals surface area contributed by atoms with E-state index in [2.05, 4.69) is 4.98 Å². The minimum atomic E-state index is -0.208. The summed E-state index contributed by atoms with van der Waals surface area (Å²) in [6, 6.07) is 3.48. The first-order chi connectivity index (χ1) is 7.20. The Balaban J connectivity index is 2.36. The topological polar surface area (TPSA) is 33.2 Å². The smallest absolute Gasteiger partial charge is 0.154 e. The summed E-state index contributed by atoms with van der Waals surface area (Å²) >= 11 is 6.00. The van der Waals surface area contributed by atoms with Gasteiger partial charge in [-0.15, -0.1) is 0 Å². The lowest BCUT2D eigenvalue weighted by Crippen LogP contribution is -2.36. The summed E-state index contributed by atoms with van der Waals surface area (Å²) < 4.78 is 0. The minimum Gasteiger partial charge on any atom is -0.298 e. The molecule has 3 nitrogen and oxygen atoms in total. The van der Waals surface area contributed by atoms with Gasteiger partial charge in [0.1, 0.15) is 5.15 Å². The Hall–Kier alpha value is -0.930. The van der Waals surface area contributed by atoms with E-state index < -0.39 is 0 Å². The number of carbonyl (C=O) groups is 1. The summed E-state index contributed by atoms with van der Waals surface area (Å²) in [5.41, 5.74) is 0.825. The molecule has 2 heterocycles. The Kier molecular flexibility index (Phi) is 3.03. The number of rotatable bonds is 1. The molecule has 2 rings (SSSR count). The normalized spacial score (nSPS) is 23.1. The predicted octanol–water partition coefficient (Wildman–Crippen LogP) is 2.07. The number of ketones is 1. The Morgan fingerprint density at radius 3 is 3.07 bits per heavy atom. The van der Waals surface area contributed by atoms with E-state index in [9.17, 15) is 4.79 Å². The Morgan fingerprint density at radius 2 is 2.40 bits per heavy atom. The van der Waals surface area contributed by atoms with Crippen LogP contribution < -0.4 is 0 Å². The molecule has 0 spiro atoms. The van der Waals surface area contributed by atoms with Crippen molar-refractivity contribution >= 4 is 17.4 Å². The second-order valence-corrected chi connectivity index (χ2v) is 4.19. The van der Waals surface area contributed by atoms with E-state index in [1.807, 2.05) is 24.1 Å². The lowest BCUT2D eigenvalue weighted by Gasteiger charge is -2.31. The number of hydrogen-bond acceptors (Lipinski definition) is 3. The van der Waals surface area contributed by atoms with Gasteiger partial charge in [-0.05, 0) is 26.1 Å². The van der Waals surface area contributed by atoms with Gasteiger partial charge in [0.25, 0.3) is 0 Å². The average Bonchev–Trinajstić information content (AvgIpc) is 2.20. The molecule has 80 valence electrons. The van der Waals surface area contributed by atoms with Gasteiger partial charge in [0.05, 0.1) is 6.04 Å². The van der Waals surface area contributed by atoms with Crippen LogP contribution in [0.2, 0.25) is 5.15 Å². The van der Waals surface area contributed by atoms with E-state index in [-0.39, 0.29) is 11.8 Å². The van der Waals surface area contributed by atoms with Crippen LogP contribution in [0.5, 0.6) is 0 Å².